The van der Waals surface area contributed by atoms with E-state index < -0.39 is 0 Å². The van der Waals surface area contributed by atoms with Crippen LogP contribution in [0, 0.1) is 27.7 Å². The third-order valence-corrected chi connectivity index (χ3v) is 3.64. The molecule has 1 N–H and O–H groups in total. The molecule has 0 radical (unpaired) electrons. The van der Waals surface area contributed by atoms with Gasteiger partial charge in [-0.15, -0.1) is 0 Å². The van der Waals surface area contributed by atoms with Gasteiger partial charge >= 0.3 is 0 Å². The number of nitrogens with one attached hydrogen (secondary N) is 1. The Hall–Kier alpha value is -2.13. The molecule has 3 nitrogen and oxygen atoms in total. The van der Waals surface area contributed by atoms with Gasteiger partial charge in [0.05, 0.1) is 6.61 Å². The molecule has 0 unspecified atom stereocenters. The van der Waals surface area contributed by atoms with Crippen LogP contribution in [-0.4, -0.2) is 12.5 Å². The Bertz CT molecular complexity index is 677. The van der Waals surface area contributed by atoms with E-state index in [0.29, 0.717) is 6.61 Å². The van der Waals surface area contributed by atoms with E-state index in [9.17, 15) is 4.79 Å². The highest BCUT2D eigenvalue weighted by Gasteiger charge is 2.06. The monoisotopic (exact) mass is 297 g/mol. The summed E-state index contributed by atoms with van der Waals surface area (Å²) in [6.45, 7) is 8.65. The number of rotatable bonds is 5. The van der Waals surface area contributed by atoms with E-state index in [0.717, 1.165) is 16.8 Å². The molecule has 0 atom stereocenters. The minimum Gasteiger partial charge on any atom is -0.367 e. The summed E-state index contributed by atoms with van der Waals surface area (Å²) in [6.07, 6.45) is 0. The van der Waals surface area contributed by atoms with E-state index in [-0.39, 0.29) is 12.5 Å². The van der Waals surface area contributed by atoms with Crippen molar-refractivity contribution in [1.29, 1.82) is 0 Å². The maximum Gasteiger partial charge on any atom is 0.250 e. The SMILES string of the molecule is Cc1ccc(COCC(=O)Nc2ccc(C)cc2C)c(C)c1. The Labute approximate surface area is 132 Å². The van der Waals surface area contributed by atoms with Crippen molar-refractivity contribution in [3.63, 3.8) is 0 Å². The lowest BCUT2D eigenvalue weighted by Crippen LogP contribution is -2.19. The zero-order valence-corrected chi connectivity index (χ0v) is 13.7. The van der Waals surface area contributed by atoms with Crippen molar-refractivity contribution < 1.29 is 9.53 Å². The molecular formula is C19H23NO2. The summed E-state index contributed by atoms with van der Waals surface area (Å²) in [7, 11) is 0. The number of amides is 1. The van der Waals surface area contributed by atoms with Gasteiger partial charge in [0, 0.05) is 5.69 Å². The van der Waals surface area contributed by atoms with Crippen molar-refractivity contribution >= 4 is 11.6 Å². The first-order valence-electron chi connectivity index (χ1n) is 7.46. The van der Waals surface area contributed by atoms with E-state index in [1.165, 1.54) is 16.7 Å². The summed E-state index contributed by atoms with van der Waals surface area (Å²) >= 11 is 0. The standard InChI is InChI=1S/C19H23NO2/c1-13-5-7-17(15(3)9-13)11-22-12-19(21)20-18-8-6-14(2)10-16(18)4/h5-10H,11-12H2,1-4H3,(H,20,21). The Morgan fingerprint density at radius 2 is 1.59 bits per heavy atom. The smallest absolute Gasteiger partial charge is 0.250 e. The molecule has 0 saturated carbocycles. The third kappa shape index (κ3) is 4.43. The average Bonchev–Trinajstić information content (AvgIpc) is 2.44. The lowest BCUT2D eigenvalue weighted by molar-refractivity contribution is -0.121. The number of hydrogen-bond donors (Lipinski definition) is 1. The van der Waals surface area contributed by atoms with Crippen LogP contribution in [0.5, 0.6) is 0 Å². The number of carbonyl (C=O) groups is 1. The molecule has 1 amide bonds. The van der Waals surface area contributed by atoms with Gasteiger partial charge in [-0.25, -0.2) is 0 Å². The van der Waals surface area contributed by atoms with Crippen molar-refractivity contribution in [3.05, 3.63) is 64.2 Å². The molecular weight excluding hydrogens is 274 g/mol. The molecule has 2 aromatic carbocycles. The highest BCUT2D eigenvalue weighted by molar-refractivity contribution is 5.92. The van der Waals surface area contributed by atoms with Crippen molar-refractivity contribution in [3.8, 4) is 0 Å². The number of anilines is 1. The van der Waals surface area contributed by atoms with E-state index in [1.807, 2.05) is 38.1 Å². The van der Waals surface area contributed by atoms with Crippen molar-refractivity contribution in [1.82, 2.24) is 0 Å². The fourth-order valence-electron chi connectivity index (χ4n) is 2.40. The molecule has 0 aliphatic heterocycles. The number of hydrogen-bond acceptors (Lipinski definition) is 2. The molecule has 0 fully saturated rings. The van der Waals surface area contributed by atoms with Crippen LogP contribution in [0.2, 0.25) is 0 Å². The van der Waals surface area contributed by atoms with Gasteiger partial charge in [-0.3, -0.25) is 4.79 Å². The van der Waals surface area contributed by atoms with Crippen molar-refractivity contribution in [2.75, 3.05) is 11.9 Å². The van der Waals surface area contributed by atoms with E-state index in [4.69, 9.17) is 4.74 Å². The van der Waals surface area contributed by atoms with Crippen LogP contribution in [0.3, 0.4) is 0 Å². The number of carbonyl (C=O) groups excluding carboxylic acids is 1. The molecule has 0 heterocycles. The summed E-state index contributed by atoms with van der Waals surface area (Å²) in [4.78, 5) is 11.9. The predicted octanol–water partition coefficient (Wildman–Crippen LogP) is 4.08. The fourth-order valence-corrected chi connectivity index (χ4v) is 2.40. The minimum atomic E-state index is -0.128. The van der Waals surface area contributed by atoms with Gasteiger partial charge in [-0.2, -0.15) is 0 Å². The van der Waals surface area contributed by atoms with Crippen LogP contribution in [0.1, 0.15) is 27.8 Å². The lowest BCUT2D eigenvalue weighted by atomic mass is 10.1. The largest absolute Gasteiger partial charge is 0.367 e. The normalized spacial score (nSPS) is 10.5. The number of ether oxygens (including phenoxy) is 1. The van der Waals surface area contributed by atoms with E-state index in [2.05, 4.69) is 31.3 Å². The van der Waals surface area contributed by atoms with Crippen molar-refractivity contribution in [2.45, 2.75) is 34.3 Å². The Balaban J connectivity index is 1.85. The second kappa shape index (κ2) is 7.23. The minimum absolute atomic E-state index is 0.0562. The molecule has 22 heavy (non-hydrogen) atoms. The molecule has 0 bridgehead atoms. The summed E-state index contributed by atoms with van der Waals surface area (Å²) in [5.41, 5.74) is 6.61. The molecule has 116 valence electrons. The van der Waals surface area contributed by atoms with Crippen LogP contribution in [0.4, 0.5) is 5.69 Å². The van der Waals surface area contributed by atoms with Gasteiger partial charge in [0.2, 0.25) is 5.91 Å². The molecule has 2 aromatic rings. The third-order valence-electron chi connectivity index (χ3n) is 3.64. The van der Waals surface area contributed by atoms with Crippen molar-refractivity contribution in [2.24, 2.45) is 0 Å². The molecule has 0 saturated heterocycles. The first-order valence-corrected chi connectivity index (χ1v) is 7.46. The maximum atomic E-state index is 11.9. The molecule has 0 aliphatic carbocycles. The average molecular weight is 297 g/mol. The summed E-state index contributed by atoms with van der Waals surface area (Å²) < 4.78 is 5.53. The topological polar surface area (TPSA) is 38.3 Å². The molecule has 0 aliphatic rings. The predicted molar refractivity (Wildman–Crippen MR) is 90.1 cm³/mol. The van der Waals surface area contributed by atoms with E-state index >= 15 is 0 Å². The number of aryl methyl sites for hydroxylation is 4. The van der Waals surface area contributed by atoms with Crippen LogP contribution >= 0.6 is 0 Å². The number of benzene rings is 2. The first kappa shape index (κ1) is 16.2. The fraction of sp³-hybridized carbons (Fsp3) is 0.316. The van der Waals surface area contributed by atoms with Gasteiger partial charge in [0.15, 0.2) is 0 Å². The highest BCUT2D eigenvalue weighted by atomic mass is 16.5. The van der Waals surface area contributed by atoms with Crippen LogP contribution in [-0.2, 0) is 16.1 Å². The zero-order chi connectivity index (χ0) is 16.1. The van der Waals surface area contributed by atoms with Crippen LogP contribution < -0.4 is 5.32 Å². The van der Waals surface area contributed by atoms with Gasteiger partial charge in [-0.05, 0) is 50.5 Å². The second-order valence-corrected chi connectivity index (χ2v) is 5.79. The molecule has 3 heteroatoms. The van der Waals surface area contributed by atoms with Gasteiger partial charge in [0.25, 0.3) is 0 Å². The zero-order valence-electron chi connectivity index (χ0n) is 13.7. The Morgan fingerprint density at radius 1 is 0.955 bits per heavy atom. The van der Waals surface area contributed by atoms with E-state index in [1.54, 1.807) is 0 Å². The second-order valence-electron chi connectivity index (χ2n) is 5.79. The Kier molecular flexibility index (Phi) is 5.34. The van der Waals surface area contributed by atoms with Crippen LogP contribution in [0.15, 0.2) is 36.4 Å². The van der Waals surface area contributed by atoms with Gasteiger partial charge in [-0.1, -0.05) is 41.5 Å². The van der Waals surface area contributed by atoms with Gasteiger partial charge < -0.3 is 10.1 Å². The summed E-state index contributed by atoms with van der Waals surface area (Å²) in [5.74, 6) is -0.128. The summed E-state index contributed by atoms with van der Waals surface area (Å²) in [5, 5.41) is 2.88. The van der Waals surface area contributed by atoms with Gasteiger partial charge in [0.1, 0.15) is 6.61 Å². The highest BCUT2D eigenvalue weighted by Crippen LogP contribution is 2.16. The Morgan fingerprint density at radius 3 is 2.23 bits per heavy atom. The quantitative estimate of drug-likeness (QED) is 0.903. The lowest BCUT2D eigenvalue weighted by Gasteiger charge is -2.10. The first-order chi connectivity index (χ1) is 10.5. The van der Waals surface area contributed by atoms with Crippen LogP contribution in [0.25, 0.3) is 0 Å². The maximum absolute atomic E-state index is 11.9. The summed E-state index contributed by atoms with van der Waals surface area (Å²) in [6, 6.07) is 12.2. The molecule has 0 aromatic heterocycles. The molecule has 2 rings (SSSR count). The molecule has 0 spiro atoms.